The van der Waals surface area contributed by atoms with Crippen molar-refractivity contribution in [3.05, 3.63) is 22.4 Å². The van der Waals surface area contributed by atoms with Gasteiger partial charge in [-0.1, -0.05) is 43.0 Å². The third kappa shape index (κ3) is 4.22. The molecule has 2 atom stereocenters. The largest absolute Gasteiger partial charge is 0.372 e. The molecule has 6 heteroatoms. The fourth-order valence-corrected chi connectivity index (χ4v) is 3.02. The van der Waals surface area contributed by atoms with E-state index in [0.717, 1.165) is 6.42 Å². The first-order valence-corrected chi connectivity index (χ1v) is 7.87. The van der Waals surface area contributed by atoms with E-state index in [0.29, 0.717) is 21.9 Å². The summed E-state index contributed by atoms with van der Waals surface area (Å²) >= 11 is 11.8. The smallest absolute Gasteiger partial charge is 0.140 e. The van der Waals surface area contributed by atoms with Crippen LogP contribution in [0.2, 0.25) is 10.2 Å². The molecule has 0 bridgehead atoms. The second-order valence-electron chi connectivity index (χ2n) is 5.24. The first kappa shape index (κ1) is 15.8. The maximum absolute atomic E-state index is 10.3. The van der Waals surface area contributed by atoms with Crippen LogP contribution in [0.25, 0.3) is 0 Å². The average molecular weight is 318 g/mol. The summed E-state index contributed by atoms with van der Waals surface area (Å²) in [5.74, 6) is 0. The second-order valence-corrected chi connectivity index (χ2v) is 6.03. The second kappa shape index (κ2) is 7.46. The SMILES string of the molecule is CCC(NC1CCCC1)C(O)Nc1cnc(Cl)cc1Cl. The quantitative estimate of drug-likeness (QED) is 0.556. The van der Waals surface area contributed by atoms with E-state index in [1.807, 2.05) is 0 Å². The number of hydrogen-bond donors (Lipinski definition) is 3. The Hall–Kier alpha value is -0.550. The molecule has 0 spiro atoms. The minimum atomic E-state index is -0.707. The normalized spacial score (nSPS) is 19.0. The molecular weight excluding hydrogens is 297 g/mol. The minimum Gasteiger partial charge on any atom is -0.372 e. The Balaban J connectivity index is 1.95. The van der Waals surface area contributed by atoms with Crippen molar-refractivity contribution < 1.29 is 5.11 Å². The molecule has 1 saturated carbocycles. The van der Waals surface area contributed by atoms with E-state index in [2.05, 4.69) is 22.5 Å². The van der Waals surface area contributed by atoms with Gasteiger partial charge in [0.25, 0.3) is 0 Å². The predicted molar refractivity (Wildman–Crippen MR) is 83.4 cm³/mol. The van der Waals surface area contributed by atoms with E-state index < -0.39 is 6.23 Å². The number of aliphatic hydroxyl groups excluding tert-OH is 1. The van der Waals surface area contributed by atoms with Gasteiger partial charge in [-0.2, -0.15) is 0 Å². The van der Waals surface area contributed by atoms with Crippen LogP contribution in [-0.2, 0) is 0 Å². The molecule has 0 saturated heterocycles. The van der Waals surface area contributed by atoms with Crippen LogP contribution in [0.3, 0.4) is 0 Å². The maximum Gasteiger partial charge on any atom is 0.140 e. The van der Waals surface area contributed by atoms with Gasteiger partial charge in [0.2, 0.25) is 0 Å². The summed E-state index contributed by atoms with van der Waals surface area (Å²) in [6, 6.07) is 2.06. The van der Waals surface area contributed by atoms with Crippen molar-refractivity contribution in [1.29, 1.82) is 0 Å². The van der Waals surface area contributed by atoms with Gasteiger partial charge in [-0.3, -0.25) is 0 Å². The molecule has 0 radical (unpaired) electrons. The lowest BCUT2D eigenvalue weighted by Crippen LogP contribution is -2.47. The molecule has 1 aromatic rings. The molecule has 0 aliphatic heterocycles. The Bertz CT molecular complexity index is 438. The highest BCUT2D eigenvalue weighted by atomic mass is 35.5. The Kier molecular flexibility index (Phi) is 5.90. The highest BCUT2D eigenvalue weighted by Crippen LogP contribution is 2.25. The van der Waals surface area contributed by atoms with E-state index in [-0.39, 0.29) is 6.04 Å². The highest BCUT2D eigenvalue weighted by molar-refractivity contribution is 6.35. The van der Waals surface area contributed by atoms with Crippen LogP contribution >= 0.6 is 23.2 Å². The van der Waals surface area contributed by atoms with E-state index >= 15 is 0 Å². The van der Waals surface area contributed by atoms with Gasteiger partial charge in [0.15, 0.2) is 0 Å². The van der Waals surface area contributed by atoms with E-state index in [1.54, 1.807) is 6.07 Å². The third-order valence-corrected chi connectivity index (χ3v) is 4.27. The molecule has 0 amide bonds. The Morgan fingerprint density at radius 2 is 2.10 bits per heavy atom. The Morgan fingerprint density at radius 3 is 2.70 bits per heavy atom. The van der Waals surface area contributed by atoms with Gasteiger partial charge in [0.1, 0.15) is 11.4 Å². The monoisotopic (exact) mass is 317 g/mol. The molecule has 20 heavy (non-hydrogen) atoms. The molecule has 112 valence electrons. The van der Waals surface area contributed by atoms with Gasteiger partial charge in [-0.05, 0) is 25.3 Å². The fraction of sp³-hybridized carbons (Fsp3) is 0.643. The van der Waals surface area contributed by atoms with Crippen LogP contribution in [0.15, 0.2) is 12.3 Å². The van der Waals surface area contributed by atoms with Crippen molar-refractivity contribution in [2.45, 2.75) is 57.3 Å². The summed E-state index contributed by atoms with van der Waals surface area (Å²) in [4.78, 5) is 3.97. The van der Waals surface area contributed by atoms with E-state index in [4.69, 9.17) is 23.2 Å². The number of nitrogens with one attached hydrogen (secondary N) is 2. The summed E-state index contributed by atoms with van der Waals surface area (Å²) in [7, 11) is 0. The number of pyridine rings is 1. The molecule has 2 unspecified atom stereocenters. The Labute approximate surface area is 129 Å². The summed E-state index contributed by atoms with van der Waals surface area (Å²) in [6.45, 7) is 2.05. The van der Waals surface area contributed by atoms with Crippen LogP contribution < -0.4 is 10.6 Å². The number of nitrogens with zero attached hydrogens (tertiary/aromatic N) is 1. The molecule has 4 nitrogen and oxygen atoms in total. The molecular formula is C14H21Cl2N3O. The van der Waals surface area contributed by atoms with E-state index in [1.165, 1.54) is 31.9 Å². The minimum absolute atomic E-state index is 0.00940. The van der Waals surface area contributed by atoms with Gasteiger partial charge in [0.05, 0.1) is 22.9 Å². The number of hydrogen-bond acceptors (Lipinski definition) is 4. The average Bonchev–Trinajstić information content (AvgIpc) is 2.92. The van der Waals surface area contributed by atoms with E-state index in [9.17, 15) is 5.11 Å². The lowest BCUT2D eigenvalue weighted by atomic mass is 10.1. The predicted octanol–water partition coefficient (Wildman–Crippen LogP) is 3.43. The first-order valence-electron chi connectivity index (χ1n) is 7.12. The van der Waals surface area contributed by atoms with Crippen LogP contribution in [0.1, 0.15) is 39.0 Å². The summed E-state index contributed by atoms with van der Waals surface area (Å²) in [5, 5.41) is 17.6. The van der Waals surface area contributed by atoms with Gasteiger partial charge in [0, 0.05) is 6.04 Å². The molecule has 2 rings (SSSR count). The van der Waals surface area contributed by atoms with Crippen molar-refractivity contribution in [1.82, 2.24) is 10.3 Å². The molecule has 1 heterocycles. The number of aliphatic hydroxyl groups is 1. The van der Waals surface area contributed by atoms with Gasteiger partial charge >= 0.3 is 0 Å². The standard InChI is InChI=1S/C14H21Cl2N3O/c1-2-11(18-9-5-3-4-6-9)14(20)19-12-8-17-13(16)7-10(12)15/h7-9,11,14,18-20H,2-6H2,1H3. The zero-order valence-electron chi connectivity index (χ0n) is 11.6. The molecule has 1 aliphatic carbocycles. The van der Waals surface area contributed by atoms with Crippen LogP contribution in [-0.4, -0.2) is 28.4 Å². The zero-order chi connectivity index (χ0) is 14.5. The summed E-state index contributed by atoms with van der Waals surface area (Å²) in [5.41, 5.74) is 0.593. The summed E-state index contributed by atoms with van der Waals surface area (Å²) in [6.07, 6.45) is 6.58. The van der Waals surface area contributed by atoms with Crippen molar-refractivity contribution >= 4 is 28.9 Å². The van der Waals surface area contributed by atoms with Crippen molar-refractivity contribution in [2.24, 2.45) is 0 Å². The zero-order valence-corrected chi connectivity index (χ0v) is 13.1. The van der Waals surface area contributed by atoms with Gasteiger partial charge in [-0.25, -0.2) is 4.98 Å². The van der Waals surface area contributed by atoms with Gasteiger partial charge < -0.3 is 15.7 Å². The molecule has 1 aliphatic rings. The maximum atomic E-state index is 10.3. The molecule has 1 fully saturated rings. The van der Waals surface area contributed by atoms with Crippen molar-refractivity contribution in [3.63, 3.8) is 0 Å². The molecule has 1 aromatic heterocycles. The van der Waals surface area contributed by atoms with Gasteiger partial charge in [-0.15, -0.1) is 0 Å². The number of aromatic nitrogens is 1. The Morgan fingerprint density at radius 1 is 1.40 bits per heavy atom. The van der Waals surface area contributed by atoms with Crippen molar-refractivity contribution in [3.8, 4) is 0 Å². The molecule has 3 N–H and O–H groups in total. The molecule has 0 aromatic carbocycles. The fourth-order valence-electron chi connectivity index (χ4n) is 2.60. The number of rotatable bonds is 6. The number of anilines is 1. The summed E-state index contributed by atoms with van der Waals surface area (Å²) < 4.78 is 0. The van der Waals surface area contributed by atoms with Crippen LogP contribution in [0.5, 0.6) is 0 Å². The van der Waals surface area contributed by atoms with Crippen LogP contribution in [0, 0.1) is 0 Å². The third-order valence-electron chi connectivity index (χ3n) is 3.75. The first-order chi connectivity index (χ1) is 9.60. The number of halogens is 2. The topological polar surface area (TPSA) is 57.2 Å². The van der Waals surface area contributed by atoms with Crippen LogP contribution in [0.4, 0.5) is 5.69 Å². The highest BCUT2D eigenvalue weighted by Gasteiger charge is 2.23. The lowest BCUT2D eigenvalue weighted by Gasteiger charge is -2.27. The van der Waals surface area contributed by atoms with Crippen molar-refractivity contribution in [2.75, 3.05) is 5.32 Å². The lowest BCUT2D eigenvalue weighted by molar-refractivity contribution is 0.143.